The first kappa shape index (κ1) is 4.88. The third-order valence-electron chi connectivity index (χ3n) is 0.819. The predicted octanol–water partition coefficient (Wildman–Crippen LogP) is 1.10. The van der Waals surface area contributed by atoms with Gasteiger partial charge in [-0.05, 0) is 12.2 Å². The number of oxime groups is 1. The van der Waals surface area contributed by atoms with Crippen molar-refractivity contribution in [3.05, 3.63) is 29.5 Å². The number of hydrogen-bond acceptors (Lipinski definition) is 2. The molecule has 0 aromatic heterocycles. The Hall–Kier alpha value is -1.27. The van der Waals surface area contributed by atoms with E-state index in [1.807, 2.05) is 6.08 Å². The summed E-state index contributed by atoms with van der Waals surface area (Å²) in [5.74, 6) is 0. The summed E-state index contributed by atoms with van der Waals surface area (Å²) in [6.07, 6.45) is 6.73. The van der Waals surface area contributed by atoms with Crippen LogP contribution in [0.2, 0.25) is 0 Å². The van der Waals surface area contributed by atoms with Crippen molar-refractivity contribution >= 4 is 6.21 Å². The Bertz CT molecular complexity index is 195. The first-order valence-corrected chi connectivity index (χ1v) is 2.24. The van der Waals surface area contributed by atoms with Crippen molar-refractivity contribution in [1.29, 1.82) is 0 Å². The lowest BCUT2D eigenvalue weighted by atomic mass is 10.3. The zero-order chi connectivity index (χ0) is 5.82. The van der Waals surface area contributed by atoms with Crippen LogP contribution in [0.5, 0.6) is 0 Å². The lowest BCUT2D eigenvalue weighted by Crippen LogP contribution is -1.72. The minimum Gasteiger partial charge on any atom is -0.411 e. The maximum atomic E-state index is 7.99. The molecule has 0 radical (unpaired) electrons. The third-order valence-corrected chi connectivity index (χ3v) is 0.819. The van der Waals surface area contributed by atoms with Gasteiger partial charge in [0.1, 0.15) is 0 Å². The largest absolute Gasteiger partial charge is 0.411 e. The molecule has 0 amide bonds. The van der Waals surface area contributed by atoms with E-state index in [1.165, 1.54) is 6.21 Å². The summed E-state index contributed by atoms with van der Waals surface area (Å²) >= 11 is 0. The summed E-state index contributed by atoms with van der Waals surface area (Å²) in [6.45, 7) is 0. The van der Waals surface area contributed by atoms with Crippen LogP contribution in [-0.2, 0) is 0 Å². The molecule has 2 heteroatoms. The zero-order valence-corrected chi connectivity index (χ0v) is 4.20. The van der Waals surface area contributed by atoms with E-state index in [1.54, 1.807) is 12.2 Å². The first-order chi connectivity index (χ1) is 3.93. The van der Waals surface area contributed by atoms with Crippen molar-refractivity contribution in [3.63, 3.8) is 0 Å². The van der Waals surface area contributed by atoms with Crippen LogP contribution in [0.4, 0.5) is 0 Å². The molecule has 0 saturated heterocycles. The van der Waals surface area contributed by atoms with Gasteiger partial charge >= 0.3 is 0 Å². The quantitative estimate of drug-likeness (QED) is 0.231. The van der Waals surface area contributed by atoms with Crippen LogP contribution in [-0.4, -0.2) is 11.4 Å². The summed E-state index contributed by atoms with van der Waals surface area (Å²) in [5.41, 5.74) is 3.63. The molecule has 0 atom stereocenters. The second-order valence-electron chi connectivity index (χ2n) is 1.37. The van der Waals surface area contributed by atoms with Crippen molar-refractivity contribution in [2.75, 3.05) is 0 Å². The van der Waals surface area contributed by atoms with Crippen LogP contribution < -0.4 is 0 Å². The Morgan fingerprint density at radius 2 is 2.62 bits per heavy atom. The van der Waals surface area contributed by atoms with Gasteiger partial charge in [-0.15, -0.1) is 5.73 Å². The maximum absolute atomic E-state index is 7.99. The van der Waals surface area contributed by atoms with Gasteiger partial charge in [0, 0.05) is 5.57 Å². The van der Waals surface area contributed by atoms with Crippen LogP contribution >= 0.6 is 0 Å². The van der Waals surface area contributed by atoms with E-state index in [-0.39, 0.29) is 0 Å². The molecule has 1 N–H and O–H groups in total. The molecule has 0 aliphatic heterocycles. The van der Waals surface area contributed by atoms with Gasteiger partial charge in [0.15, 0.2) is 0 Å². The molecule has 8 heavy (non-hydrogen) atoms. The van der Waals surface area contributed by atoms with Crippen LogP contribution in [0.25, 0.3) is 0 Å². The molecule has 2 nitrogen and oxygen atoms in total. The Balaban J connectivity index is 2.75. The van der Waals surface area contributed by atoms with Gasteiger partial charge in [0.2, 0.25) is 0 Å². The zero-order valence-electron chi connectivity index (χ0n) is 4.20. The van der Waals surface area contributed by atoms with Crippen molar-refractivity contribution in [1.82, 2.24) is 0 Å². The molecule has 0 spiro atoms. The lowest BCUT2D eigenvalue weighted by molar-refractivity contribution is 0.322. The third kappa shape index (κ3) is 0.863. The SMILES string of the molecule is O/N=C/C1=C=CC=C1. The normalized spacial score (nSPS) is 15.8. The molecule has 0 bridgehead atoms. The van der Waals surface area contributed by atoms with E-state index < -0.39 is 0 Å². The molecule has 1 aliphatic carbocycles. The highest BCUT2D eigenvalue weighted by Crippen LogP contribution is 1.96. The Kier molecular flexibility index (Phi) is 1.31. The Labute approximate surface area is 47.1 Å². The molecule has 1 aliphatic rings. The van der Waals surface area contributed by atoms with Gasteiger partial charge in [-0.2, -0.15) is 0 Å². The smallest absolute Gasteiger partial charge is 0.0811 e. The van der Waals surface area contributed by atoms with E-state index in [4.69, 9.17) is 5.21 Å². The summed E-state index contributed by atoms with van der Waals surface area (Å²) in [4.78, 5) is 0. The molecule has 40 valence electrons. The van der Waals surface area contributed by atoms with Crippen LogP contribution in [0.3, 0.4) is 0 Å². The van der Waals surface area contributed by atoms with Gasteiger partial charge in [-0.3, -0.25) is 0 Å². The van der Waals surface area contributed by atoms with Crippen molar-refractivity contribution in [2.24, 2.45) is 5.16 Å². The lowest BCUT2D eigenvalue weighted by Gasteiger charge is -1.75. The summed E-state index contributed by atoms with van der Waals surface area (Å²) in [7, 11) is 0. The van der Waals surface area contributed by atoms with Gasteiger partial charge in [0.25, 0.3) is 0 Å². The van der Waals surface area contributed by atoms with Crippen LogP contribution in [0.1, 0.15) is 0 Å². The fourth-order valence-corrected chi connectivity index (χ4v) is 0.487. The fourth-order valence-electron chi connectivity index (χ4n) is 0.487. The molecule has 0 unspecified atom stereocenters. The van der Waals surface area contributed by atoms with Crippen molar-refractivity contribution < 1.29 is 5.21 Å². The maximum Gasteiger partial charge on any atom is 0.0811 e. The van der Waals surface area contributed by atoms with Gasteiger partial charge in [-0.25, -0.2) is 0 Å². The first-order valence-electron chi connectivity index (χ1n) is 2.24. The molecule has 1 rings (SSSR count). The topological polar surface area (TPSA) is 32.6 Å². The molecule has 0 saturated carbocycles. The van der Waals surface area contributed by atoms with Gasteiger partial charge in [0.05, 0.1) is 6.21 Å². The second-order valence-corrected chi connectivity index (χ2v) is 1.37. The number of rotatable bonds is 1. The summed E-state index contributed by atoms with van der Waals surface area (Å²) < 4.78 is 0. The number of allylic oxidation sites excluding steroid dienone is 3. The Morgan fingerprint density at radius 3 is 3.12 bits per heavy atom. The molecular formula is C6H5NO. The summed E-state index contributed by atoms with van der Waals surface area (Å²) in [6, 6.07) is 0. The van der Waals surface area contributed by atoms with Crippen LogP contribution in [0.15, 0.2) is 34.7 Å². The molecule has 0 aromatic carbocycles. The second kappa shape index (κ2) is 2.15. The minimum atomic E-state index is 0.799. The molecular weight excluding hydrogens is 102 g/mol. The standard InChI is InChI=1S/C6H5NO/c8-7-5-6-3-1-2-4-6/h1-3,5,8H/b7-5+. The molecule has 0 aromatic rings. The molecule has 0 fully saturated rings. The minimum absolute atomic E-state index is 0.799. The van der Waals surface area contributed by atoms with Gasteiger partial charge in [-0.1, -0.05) is 11.2 Å². The van der Waals surface area contributed by atoms with E-state index in [2.05, 4.69) is 10.9 Å². The Morgan fingerprint density at radius 1 is 1.75 bits per heavy atom. The monoisotopic (exact) mass is 107 g/mol. The molecule has 0 heterocycles. The van der Waals surface area contributed by atoms with E-state index in [0.717, 1.165) is 5.57 Å². The van der Waals surface area contributed by atoms with Gasteiger partial charge < -0.3 is 5.21 Å². The summed E-state index contributed by atoms with van der Waals surface area (Å²) in [5, 5.41) is 10.8. The van der Waals surface area contributed by atoms with E-state index in [9.17, 15) is 0 Å². The average molecular weight is 107 g/mol. The number of hydrogen-bond donors (Lipinski definition) is 1. The van der Waals surface area contributed by atoms with E-state index >= 15 is 0 Å². The highest BCUT2D eigenvalue weighted by Gasteiger charge is 1.85. The fraction of sp³-hybridized carbons (Fsp3) is 0. The average Bonchev–Trinajstić information content (AvgIpc) is 2.19. The van der Waals surface area contributed by atoms with Crippen LogP contribution in [0, 0.1) is 0 Å². The van der Waals surface area contributed by atoms with E-state index in [0.29, 0.717) is 0 Å². The predicted molar refractivity (Wildman–Crippen MR) is 31.0 cm³/mol. The van der Waals surface area contributed by atoms with Crippen molar-refractivity contribution in [2.45, 2.75) is 0 Å². The number of nitrogens with zero attached hydrogens (tertiary/aromatic N) is 1. The van der Waals surface area contributed by atoms with Crippen molar-refractivity contribution in [3.8, 4) is 0 Å². The highest BCUT2D eigenvalue weighted by molar-refractivity contribution is 5.82. The highest BCUT2D eigenvalue weighted by atomic mass is 16.4.